The van der Waals surface area contributed by atoms with E-state index < -0.39 is 5.97 Å². The van der Waals surface area contributed by atoms with Gasteiger partial charge in [-0.1, -0.05) is 23.2 Å². The number of carbonyl (C=O) groups is 1. The van der Waals surface area contributed by atoms with Crippen molar-refractivity contribution in [3.05, 3.63) is 57.3 Å². The van der Waals surface area contributed by atoms with E-state index in [4.69, 9.17) is 28.3 Å². The minimum atomic E-state index is -0.995. The SMILES string of the molecule is Cc1cc(Cl)c(NCc2ccc(C(=O)O)cn2)cc1Cl. The molecular weight excluding hydrogens is 299 g/mol. The molecule has 0 fully saturated rings. The second-order valence-corrected chi connectivity index (χ2v) is 5.09. The molecule has 0 atom stereocenters. The summed E-state index contributed by atoms with van der Waals surface area (Å²) >= 11 is 12.2. The molecule has 1 heterocycles. The molecule has 0 aliphatic heterocycles. The van der Waals surface area contributed by atoms with Gasteiger partial charge in [-0.2, -0.15) is 0 Å². The number of hydrogen-bond donors (Lipinski definition) is 2. The summed E-state index contributed by atoms with van der Waals surface area (Å²) in [5.74, 6) is -0.995. The van der Waals surface area contributed by atoms with E-state index in [0.717, 1.165) is 5.56 Å². The summed E-state index contributed by atoms with van der Waals surface area (Å²) in [7, 11) is 0. The molecule has 1 aromatic heterocycles. The van der Waals surface area contributed by atoms with Crippen molar-refractivity contribution < 1.29 is 9.90 Å². The Bertz CT molecular complexity index is 642. The largest absolute Gasteiger partial charge is 0.478 e. The van der Waals surface area contributed by atoms with Gasteiger partial charge < -0.3 is 10.4 Å². The summed E-state index contributed by atoms with van der Waals surface area (Å²) in [5, 5.41) is 13.1. The number of benzene rings is 1. The van der Waals surface area contributed by atoms with E-state index in [2.05, 4.69) is 10.3 Å². The average Bonchev–Trinajstić information content (AvgIpc) is 2.42. The van der Waals surface area contributed by atoms with Crippen LogP contribution in [-0.2, 0) is 6.54 Å². The zero-order chi connectivity index (χ0) is 14.7. The molecule has 104 valence electrons. The van der Waals surface area contributed by atoms with Gasteiger partial charge in [-0.05, 0) is 36.8 Å². The van der Waals surface area contributed by atoms with Crippen molar-refractivity contribution in [3.63, 3.8) is 0 Å². The van der Waals surface area contributed by atoms with Crippen molar-refractivity contribution in [3.8, 4) is 0 Å². The Morgan fingerprint density at radius 3 is 2.65 bits per heavy atom. The fourth-order valence-electron chi connectivity index (χ4n) is 1.62. The fourth-order valence-corrected chi connectivity index (χ4v) is 2.07. The summed E-state index contributed by atoms with van der Waals surface area (Å²) in [5.41, 5.74) is 2.49. The zero-order valence-corrected chi connectivity index (χ0v) is 12.2. The van der Waals surface area contributed by atoms with Gasteiger partial charge >= 0.3 is 5.97 Å². The molecule has 6 heteroatoms. The van der Waals surface area contributed by atoms with Gasteiger partial charge in [0.25, 0.3) is 0 Å². The minimum absolute atomic E-state index is 0.158. The highest BCUT2D eigenvalue weighted by Gasteiger charge is 2.06. The second kappa shape index (κ2) is 6.11. The predicted molar refractivity (Wildman–Crippen MR) is 79.7 cm³/mol. The number of carboxylic acid groups (broad SMARTS) is 1. The van der Waals surface area contributed by atoms with Crippen LogP contribution in [0.25, 0.3) is 0 Å². The van der Waals surface area contributed by atoms with Gasteiger partial charge in [-0.3, -0.25) is 4.98 Å². The van der Waals surface area contributed by atoms with Crippen molar-refractivity contribution in [2.75, 3.05) is 5.32 Å². The second-order valence-electron chi connectivity index (χ2n) is 4.28. The molecule has 0 bridgehead atoms. The molecule has 2 aromatic rings. The van der Waals surface area contributed by atoms with Gasteiger partial charge in [0.2, 0.25) is 0 Å². The predicted octanol–water partition coefficient (Wildman–Crippen LogP) is 4.01. The molecule has 0 saturated heterocycles. The first-order valence-electron chi connectivity index (χ1n) is 5.85. The van der Waals surface area contributed by atoms with Gasteiger partial charge in [0.1, 0.15) is 0 Å². The Morgan fingerprint density at radius 2 is 2.05 bits per heavy atom. The van der Waals surface area contributed by atoms with Crippen molar-refractivity contribution in [2.45, 2.75) is 13.5 Å². The normalized spacial score (nSPS) is 10.3. The van der Waals surface area contributed by atoms with Crippen molar-refractivity contribution in [2.24, 2.45) is 0 Å². The van der Waals surface area contributed by atoms with Crippen LogP contribution in [0.4, 0.5) is 5.69 Å². The molecule has 0 aliphatic rings. The maximum absolute atomic E-state index is 10.7. The number of aryl methyl sites for hydroxylation is 1. The van der Waals surface area contributed by atoms with E-state index in [9.17, 15) is 4.79 Å². The molecule has 20 heavy (non-hydrogen) atoms. The first-order valence-corrected chi connectivity index (χ1v) is 6.60. The van der Waals surface area contributed by atoms with Gasteiger partial charge in [0, 0.05) is 11.2 Å². The van der Waals surface area contributed by atoms with Crippen LogP contribution in [0.2, 0.25) is 10.0 Å². The van der Waals surface area contributed by atoms with E-state index in [1.807, 2.05) is 6.92 Å². The summed E-state index contributed by atoms with van der Waals surface area (Å²) in [6.07, 6.45) is 1.32. The Morgan fingerprint density at radius 1 is 1.30 bits per heavy atom. The number of halogens is 2. The third kappa shape index (κ3) is 3.40. The van der Waals surface area contributed by atoms with Crippen LogP contribution in [-0.4, -0.2) is 16.1 Å². The molecule has 0 radical (unpaired) electrons. The first-order chi connectivity index (χ1) is 9.47. The summed E-state index contributed by atoms with van der Waals surface area (Å²) in [6.45, 7) is 2.31. The molecular formula is C14H12Cl2N2O2. The number of pyridine rings is 1. The van der Waals surface area contributed by atoms with Crippen molar-refractivity contribution >= 4 is 34.9 Å². The number of hydrogen-bond acceptors (Lipinski definition) is 3. The van der Waals surface area contributed by atoms with Crippen LogP contribution in [0, 0.1) is 6.92 Å². The Balaban J connectivity index is 2.09. The van der Waals surface area contributed by atoms with E-state index in [1.165, 1.54) is 12.3 Å². The monoisotopic (exact) mass is 310 g/mol. The first kappa shape index (κ1) is 14.6. The lowest BCUT2D eigenvalue weighted by Crippen LogP contribution is -2.04. The number of aromatic carboxylic acids is 1. The Hall–Kier alpha value is -1.78. The smallest absolute Gasteiger partial charge is 0.337 e. The topological polar surface area (TPSA) is 62.2 Å². The highest BCUT2D eigenvalue weighted by molar-refractivity contribution is 6.35. The number of anilines is 1. The number of aromatic nitrogens is 1. The lowest BCUT2D eigenvalue weighted by Gasteiger charge is -2.10. The van der Waals surface area contributed by atoms with Crippen LogP contribution in [0.3, 0.4) is 0 Å². The molecule has 0 amide bonds. The number of rotatable bonds is 4. The molecule has 1 aromatic carbocycles. The zero-order valence-electron chi connectivity index (χ0n) is 10.7. The molecule has 2 N–H and O–H groups in total. The van der Waals surface area contributed by atoms with Crippen LogP contribution < -0.4 is 5.32 Å². The van der Waals surface area contributed by atoms with E-state index >= 15 is 0 Å². The van der Waals surface area contributed by atoms with Crippen LogP contribution in [0.5, 0.6) is 0 Å². The van der Waals surface area contributed by atoms with E-state index in [0.29, 0.717) is 28.0 Å². The lowest BCUT2D eigenvalue weighted by atomic mass is 10.2. The van der Waals surface area contributed by atoms with Gasteiger partial charge in [0.15, 0.2) is 0 Å². The Kier molecular flexibility index (Phi) is 4.47. The van der Waals surface area contributed by atoms with Gasteiger partial charge in [-0.25, -0.2) is 4.79 Å². The fraction of sp³-hybridized carbons (Fsp3) is 0.143. The molecule has 4 nitrogen and oxygen atoms in total. The summed E-state index contributed by atoms with van der Waals surface area (Å²) in [4.78, 5) is 14.8. The molecule has 2 rings (SSSR count). The Labute approximate surface area is 126 Å². The summed E-state index contributed by atoms with van der Waals surface area (Å²) in [6, 6.07) is 6.70. The number of carboxylic acids is 1. The van der Waals surface area contributed by atoms with Crippen LogP contribution >= 0.6 is 23.2 Å². The van der Waals surface area contributed by atoms with Crippen molar-refractivity contribution in [1.29, 1.82) is 0 Å². The number of nitrogens with one attached hydrogen (secondary N) is 1. The van der Waals surface area contributed by atoms with Crippen LogP contribution in [0.15, 0.2) is 30.5 Å². The third-order valence-corrected chi connectivity index (χ3v) is 3.50. The van der Waals surface area contributed by atoms with Gasteiger partial charge in [-0.15, -0.1) is 0 Å². The highest BCUT2D eigenvalue weighted by atomic mass is 35.5. The van der Waals surface area contributed by atoms with Crippen LogP contribution in [0.1, 0.15) is 21.6 Å². The maximum Gasteiger partial charge on any atom is 0.337 e. The maximum atomic E-state index is 10.7. The molecule has 0 aliphatic carbocycles. The standard InChI is InChI=1S/C14H12Cl2N2O2/c1-8-4-12(16)13(5-11(8)15)18-7-10-3-2-9(6-17-10)14(19)20/h2-6,18H,7H2,1H3,(H,19,20). The summed E-state index contributed by atoms with van der Waals surface area (Å²) < 4.78 is 0. The van der Waals surface area contributed by atoms with E-state index in [-0.39, 0.29) is 5.56 Å². The third-order valence-electron chi connectivity index (χ3n) is 2.78. The minimum Gasteiger partial charge on any atom is -0.478 e. The van der Waals surface area contributed by atoms with E-state index in [1.54, 1.807) is 18.2 Å². The highest BCUT2D eigenvalue weighted by Crippen LogP contribution is 2.28. The quantitative estimate of drug-likeness (QED) is 0.895. The van der Waals surface area contributed by atoms with Crippen molar-refractivity contribution in [1.82, 2.24) is 4.98 Å². The lowest BCUT2D eigenvalue weighted by molar-refractivity contribution is 0.0696. The molecule has 0 saturated carbocycles. The molecule has 0 spiro atoms. The molecule has 0 unspecified atom stereocenters. The van der Waals surface area contributed by atoms with Gasteiger partial charge in [0.05, 0.1) is 28.5 Å². The number of nitrogens with zero attached hydrogens (tertiary/aromatic N) is 1. The average molecular weight is 311 g/mol.